The lowest BCUT2D eigenvalue weighted by atomic mass is 10.0. The van der Waals surface area contributed by atoms with Gasteiger partial charge in [-0.3, -0.25) is 14.8 Å². The number of hydrogen-bond donors (Lipinski definition) is 2. The fourth-order valence-electron chi connectivity index (χ4n) is 3.02. The molecule has 10 nitrogen and oxygen atoms in total. The maximum Gasteiger partial charge on any atom is 0.264 e. The smallest absolute Gasteiger partial charge is 0.264 e. The lowest BCUT2D eigenvalue weighted by Crippen LogP contribution is -2.49. The predicted molar refractivity (Wildman–Crippen MR) is 112 cm³/mol. The van der Waals surface area contributed by atoms with E-state index >= 15 is 0 Å². The number of nitrogens with zero attached hydrogens (tertiary/aromatic N) is 3. The number of aromatic nitrogens is 3. The number of carbonyl (C=O) groups is 1. The van der Waals surface area contributed by atoms with E-state index in [0.717, 1.165) is 17.4 Å². The normalized spacial score (nSPS) is 13.5. The number of nitrogens with one attached hydrogen (secondary N) is 1. The molecule has 0 bridgehead atoms. The molecule has 1 unspecified atom stereocenters. The van der Waals surface area contributed by atoms with Crippen LogP contribution in [0.5, 0.6) is 0 Å². The van der Waals surface area contributed by atoms with Gasteiger partial charge < -0.3 is 9.09 Å². The molecule has 2 N–H and O–H groups in total. The van der Waals surface area contributed by atoms with Gasteiger partial charge in [-0.2, -0.15) is 4.98 Å². The molecular formula is C20H22N4O6S. The SMILES string of the molecule is Cc1nc(-c2ccc(-c3ccn(CCC(C)(C(=O)NO)S(C)(=O)=O)c(=O)c3)cc2)no1. The van der Waals surface area contributed by atoms with Gasteiger partial charge in [0.2, 0.25) is 11.7 Å². The van der Waals surface area contributed by atoms with Crippen LogP contribution < -0.4 is 11.0 Å². The van der Waals surface area contributed by atoms with Crippen molar-refractivity contribution in [1.29, 1.82) is 0 Å². The van der Waals surface area contributed by atoms with Crippen LogP contribution in [0.25, 0.3) is 22.5 Å². The van der Waals surface area contributed by atoms with Gasteiger partial charge in [-0.05, 0) is 30.5 Å². The van der Waals surface area contributed by atoms with E-state index < -0.39 is 20.5 Å². The summed E-state index contributed by atoms with van der Waals surface area (Å²) < 4.78 is 28.5. The highest BCUT2D eigenvalue weighted by Crippen LogP contribution is 2.24. The number of hydroxylamine groups is 1. The van der Waals surface area contributed by atoms with Crippen LogP contribution in [0.3, 0.4) is 0 Å². The fourth-order valence-corrected chi connectivity index (χ4v) is 3.86. The molecule has 164 valence electrons. The van der Waals surface area contributed by atoms with Crippen LogP contribution in [-0.4, -0.2) is 45.2 Å². The van der Waals surface area contributed by atoms with Crippen molar-refractivity contribution in [3.63, 3.8) is 0 Å². The molecule has 1 amide bonds. The van der Waals surface area contributed by atoms with Gasteiger partial charge in [0, 0.05) is 37.6 Å². The molecule has 0 saturated heterocycles. The van der Waals surface area contributed by atoms with Crippen LogP contribution in [0.2, 0.25) is 0 Å². The van der Waals surface area contributed by atoms with E-state index in [9.17, 15) is 18.0 Å². The van der Waals surface area contributed by atoms with Gasteiger partial charge in [-0.25, -0.2) is 13.9 Å². The van der Waals surface area contributed by atoms with Crippen LogP contribution in [0.4, 0.5) is 0 Å². The summed E-state index contributed by atoms with van der Waals surface area (Å²) >= 11 is 0. The molecular weight excluding hydrogens is 424 g/mol. The highest BCUT2D eigenvalue weighted by Gasteiger charge is 2.43. The number of aryl methyl sites for hydroxylation is 2. The van der Waals surface area contributed by atoms with Crippen LogP contribution >= 0.6 is 0 Å². The Kier molecular flexibility index (Phi) is 6.09. The third kappa shape index (κ3) is 4.57. The fraction of sp³-hybridized carbons (Fsp3) is 0.300. The average molecular weight is 446 g/mol. The maximum atomic E-state index is 12.5. The zero-order valence-electron chi connectivity index (χ0n) is 17.2. The first-order valence-electron chi connectivity index (χ1n) is 9.31. The topological polar surface area (TPSA) is 144 Å². The Bertz CT molecular complexity index is 1260. The summed E-state index contributed by atoms with van der Waals surface area (Å²) in [6, 6.07) is 10.4. The minimum absolute atomic E-state index is 0.0216. The van der Waals surface area contributed by atoms with Gasteiger partial charge in [-0.15, -0.1) is 0 Å². The van der Waals surface area contributed by atoms with Crippen molar-refractivity contribution in [3.05, 3.63) is 58.8 Å². The van der Waals surface area contributed by atoms with Crippen molar-refractivity contribution < 1.29 is 22.9 Å². The Hall–Kier alpha value is -3.31. The molecule has 0 aliphatic carbocycles. The van der Waals surface area contributed by atoms with Crippen molar-refractivity contribution in [2.24, 2.45) is 0 Å². The van der Waals surface area contributed by atoms with Crippen molar-refractivity contribution in [2.75, 3.05) is 6.26 Å². The minimum Gasteiger partial charge on any atom is -0.339 e. The number of sulfone groups is 1. The van der Waals surface area contributed by atoms with Gasteiger partial charge in [0.25, 0.3) is 11.5 Å². The van der Waals surface area contributed by atoms with E-state index in [1.165, 1.54) is 29.2 Å². The highest BCUT2D eigenvalue weighted by molar-refractivity contribution is 7.92. The van der Waals surface area contributed by atoms with Gasteiger partial charge in [0.15, 0.2) is 14.6 Å². The van der Waals surface area contributed by atoms with Crippen LogP contribution in [0.15, 0.2) is 51.9 Å². The third-order valence-electron chi connectivity index (χ3n) is 5.23. The summed E-state index contributed by atoms with van der Waals surface area (Å²) in [5.41, 5.74) is 3.29. The number of amides is 1. The Morgan fingerprint density at radius 1 is 1.19 bits per heavy atom. The average Bonchev–Trinajstić information content (AvgIpc) is 3.17. The molecule has 1 atom stereocenters. The Morgan fingerprint density at radius 3 is 2.35 bits per heavy atom. The van der Waals surface area contributed by atoms with Gasteiger partial charge in [0.1, 0.15) is 0 Å². The Labute approximate surface area is 178 Å². The first kappa shape index (κ1) is 22.4. The first-order valence-corrected chi connectivity index (χ1v) is 11.2. The van der Waals surface area contributed by atoms with Crippen LogP contribution in [0.1, 0.15) is 19.2 Å². The third-order valence-corrected chi connectivity index (χ3v) is 7.26. The molecule has 0 saturated carbocycles. The maximum absolute atomic E-state index is 12.5. The summed E-state index contributed by atoms with van der Waals surface area (Å²) in [5.74, 6) is -0.108. The van der Waals surface area contributed by atoms with E-state index in [2.05, 4.69) is 10.1 Å². The predicted octanol–water partition coefficient (Wildman–Crippen LogP) is 1.57. The standard InChI is InChI=1S/C20H22N4O6S/c1-13-21-18(23-30-13)15-6-4-14(5-7-15)16-8-10-24(17(25)12-16)11-9-20(2,19(26)22-27)31(3,28)29/h4-8,10,12,27H,9,11H2,1-3H3,(H,22,26). The van der Waals surface area contributed by atoms with E-state index in [1.54, 1.807) is 13.0 Å². The Morgan fingerprint density at radius 2 is 1.84 bits per heavy atom. The molecule has 1 aromatic carbocycles. The summed E-state index contributed by atoms with van der Waals surface area (Å²) in [6.45, 7) is 2.89. The van der Waals surface area contributed by atoms with E-state index in [-0.39, 0.29) is 18.5 Å². The monoisotopic (exact) mass is 446 g/mol. The molecule has 0 fully saturated rings. The van der Waals surface area contributed by atoms with Crippen molar-refractivity contribution in [1.82, 2.24) is 20.2 Å². The second kappa shape index (κ2) is 8.44. The number of rotatable bonds is 7. The molecule has 0 aliphatic rings. The molecule has 2 heterocycles. The van der Waals surface area contributed by atoms with Crippen molar-refractivity contribution in [3.8, 4) is 22.5 Å². The number of hydrogen-bond acceptors (Lipinski definition) is 8. The van der Waals surface area contributed by atoms with E-state index in [1.807, 2.05) is 24.3 Å². The molecule has 31 heavy (non-hydrogen) atoms. The van der Waals surface area contributed by atoms with Gasteiger partial charge >= 0.3 is 0 Å². The second-order valence-corrected chi connectivity index (χ2v) is 9.80. The van der Waals surface area contributed by atoms with Crippen LogP contribution in [-0.2, 0) is 21.2 Å². The molecule has 11 heteroatoms. The van der Waals surface area contributed by atoms with E-state index in [0.29, 0.717) is 17.3 Å². The minimum atomic E-state index is -3.84. The summed E-state index contributed by atoms with van der Waals surface area (Å²) in [4.78, 5) is 28.6. The molecule has 0 aliphatic heterocycles. The number of carbonyl (C=O) groups excluding carboxylic acids is 1. The largest absolute Gasteiger partial charge is 0.339 e. The highest BCUT2D eigenvalue weighted by atomic mass is 32.2. The summed E-state index contributed by atoms with van der Waals surface area (Å²) in [6.07, 6.45) is 2.26. The quantitative estimate of drug-likeness (QED) is 0.411. The zero-order chi connectivity index (χ0) is 22.8. The molecule has 3 aromatic rings. The summed E-state index contributed by atoms with van der Waals surface area (Å²) in [7, 11) is -3.84. The molecule has 0 spiro atoms. The molecule has 3 rings (SSSR count). The summed E-state index contributed by atoms with van der Waals surface area (Å²) in [5, 5.41) is 12.8. The number of benzene rings is 1. The van der Waals surface area contributed by atoms with Gasteiger partial charge in [0.05, 0.1) is 0 Å². The lowest BCUT2D eigenvalue weighted by molar-refractivity contribution is -0.131. The molecule has 2 aromatic heterocycles. The second-order valence-electron chi connectivity index (χ2n) is 7.36. The lowest BCUT2D eigenvalue weighted by Gasteiger charge is -2.25. The number of pyridine rings is 1. The van der Waals surface area contributed by atoms with Crippen molar-refractivity contribution in [2.45, 2.75) is 31.6 Å². The first-order chi connectivity index (χ1) is 14.5. The zero-order valence-corrected chi connectivity index (χ0v) is 18.0. The van der Waals surface area contributed by atoms with Crippen molar-refractivity contribution >= 4 is 15.7 Å². The Balaban J connectivity index is 1.80. The van der Waals surface area contributed by atoms with Crippen LogP contribution in [0, 0.1) is 6.92 Å². The van der Waals surface area contributed by atoms with Gasteiger partial charge in [-0.1, -0.05) is 29.4 Å². The molecule has 0 radical (unpaired) electrons. The van der Waals surface area contributed by atoms with E-state index in [4.69, 9.17) is 9.73 Å².